The fraction of sp³-hybridized carbons (Fsp3) is 0.0769. The van der Waals surface area contributed by atoms with Crippen molar-refractivity contribution in [2.24, 2.45) is 0 Å². The highest BCUT2D eigenvalue weighted by Crippen LogP contribution is 2.31. The number of nitrogens with one attached hydrogen (secondary N) is 1. The number of benzene rings is 2. The second kappa shape index (κ2) is 5.17. The lowest BCUT2D eigenvalue weighted by Crippen LogP contribution is -1.99. The van der Waals surface area contributed by atoms with Gasteiger partial charge in [-0.1, -0.05) is 0 Å². The summed E-state index contributed by atoms with van der Waals surface area (Å²) in [5, 5.41) is 2.61. The molecule has 0 aliphatic rings. The molecule has 0 saturated heterocycles. The number of nitrogen functional groups attached to an aromatic ring is 1. The Bertz CT molecular complexity index is 599. The Kier molecular flexibility index (Phi) is 3.59. The molecule has 2 aromatic rings. The molecule has 100 valence electrons. The summed E-state index contributed by atoms with van der Waals surface area (Å²) < 4.78 is 51.4. The van der Waals surface area contributed by atoms with Gasteiger partial charge in [0.1, 0.15) is 0 Å². The average molecular weight is 270 g/mol. The van der Waals surface area contributed by atoms with Gasteiger partial charge in [0, 0.05) is 28.7 Å². The number of hydrogen-bond donors (Lipinski definition) is 2. The fourth-order valence-corrected chi connectivity index (χ4v) is 1.60. The standard InChI is InChI=1S/C13H10F4N2/c14-10-3-2-8(6-11(10)15)19-12-4-1-7(18)5-9(12)13(16)17/h1-6,13,19H,18H2. The van der Waals surface area contributed by atoms with Gasteiger partial charge in [0.2, 0.25) is 0 Å². The highest BCUT2D eigenvalue weighted by atomic mass is 19.3. The summed E-state index contributed by atoms with van der Waals surface area (Å²) in [5.74, 6) is -2.06. The number of rotatable bonds is 3. The Balaban J connectivity index is 2.35. The van der Waals surface area contributed by atoms with Crippen molar-refractivity contribution in [3.8, 4) is 0 Å². The monoisotopic (exact) mass is 270 g/mol. The molecule has 0 heterocycles. The van der Waals surface area contributed by atoms with Gasteiger partial charge in [0.15, 0.2) is 11.6 Å². The van der Waals surface area contributed by atoms with Gasteiger partial charge in [0.25, 0.3) is 6.43 Å². The van der Waals surface area contributed by atoms with Gasteiger partial charge in [-0.3, -0.25) is 0 Å². The lowest BCUT2D eigenvalue weighted by molar-refractivity contribution is 0.152. The van der Waals surface area contributed by atoms with Crippen LogP contribution in [0.3, 0.4) is 0 Å². The summed E-state index contributed by atoms with van der Waals surface area (Å²) >= 11 is 0. The number of alkyl halides is 2. The van der Waals surface area contributed by atoms with E-state index in [1.54, 1.807) is 0 Å². The average Bonchev–Trinajstić information content (AvgIpc) is 2.36. The van der Waals surface area contributed by atoms with Gasteiger partial charge in [-0.2, -0.15) is 0 Å². The van der Waals surface area contributed by atoms with E-state index in [0.717, 1.165) is 18.2 Å². The van der Waals surface area contributed by atoms with E-state index in [0.29, 0.717) is 0 Å². The van der Waals surface area contributed by atoms with E-state index in [1.807, 2.05) is 0 Å². The maximum absolute atomic E-state index is 13.0. The number of halogens is 4. The van der Waals surface area contributed by atoms with Crippen molar-refractivity contribution in [3.05, 3.63) is 53.6 Å². The third-order valence-corrected chi connectivity index (χ3v) is 2.51. The molecule has 0 atom stereocenters. The first-order valence-corrected chi connectivity index (χ1v) is 5.37. The summed E-state index contributed by atoms with van der Waals surface area (Å²) in [6, 6.07) is 6.99. The normalized spacial score (nSPS) is 10.8. The van der Waals surface area contributed by atoms with Crippen molar-refractivity contribution in [3.63, 3.8) is 0 Å². The molecule has 0 spiro atoms. The van der Waals surface area contributed by atoms with Gasteiger partial charge in [-0.05, 0) is 30.3 Å². The van der Waals surface area contributed by atoms with Crippen LogP contribution in [0.25, 0.3) is 0 Å². The lowest BCUT2D eigenvalue weighted by atomic mass is 10.1. The second-order valence-electron chi connectivity index (χ2n) is 3.90. The molecular weight excluding hydrogens is 260 g/mol. The molecule has 0 amide bonds. The van der Waals surface area contributed by atoms with Crippen molar-refractivity contribution >= 4 is 17.1 Å². The maximum Gasteiger partial charge on any atom is 0.265 e. The summed E-state index contributed by atoms with van der Waals surface area (Å²) in [6.07, 6.45) is -2.73. The zero-order valence-corrected chi connectivity index (χ0v) is 9.63. The second-order valence-corrected chi connectivity index (χ2v) is 3.90. The van der Waals surface area contributed by atoms with E-state index in [4.69, 9.17) is 5.73 Å². The van der Waals surface area contributed by atoms with E-state index in [-0.39, 0.29) is 22.6 Å². The zero-order chi connectivity index (χ0) is 14.0. The first-order chi connectivity index (χ1) is 8.97. The molecule has 0 radical (unpaired) electrons. The number of hydrogen-bond acceptors (Lipinski definition) is 2. The topological polar surface area (TPSA) is 38.0 Å². The van der Waals surface area contributed by atoms with Crippen LogP contribution in [-0.4, -0.2) is 0 Å². The van der Waals surface area contributed by atoms with Crippen molar-refractivity contribution in [1.82, 2.24) is 0 Å². The Morgan fingerprint density at radius 1 is 0.947 bits per heavy atom. The minimum absolute atomic E-state index is 0.0928. The highest BCUT2D eigenvalue weighted by Gasteiger charge is 2.14. The smallest absolute Gasteiger partial charge is 0.265 e. The van der Waals surface area contributed by atoms with Crippen molar-refractivity contribution in [2.45, 2.75) is 6.43 Å². The first kappa shape index (κ1) is 13.2. The number of nitrogens with two attached hydrogens (primary N) is 1. The molecule has 0 fully saturated rings. The van der Waals surface area contributed by atoms with Crippen LogP contribution in [0.2, 0.25) is 0 Å². The van der Waals surface area contributed by atoms with E-state index in [2.05, 4.69) is 5.32 Å². The van der Waals surface area contributed by atoms with Gasteiger partial charge in [-0.15, -0.1) is 0 Å². The molecule has 2 nitrogen and oxygen atoms in total. The molecule has 2 rings (SSSR count). The Morgan fingerprint density at radius 3 is 2.32 bits per heavy atom. The third-order valence-electron chi connectivity index (χ3n) is 2.51. The highest BCUT2D eigenvalue weighted by molar-refractivity contribution is 5.66. The van der Waals surface area contributed by atoms with Crippen LogP contribution in [0.4, 0.5) is 34.6 Å². The first-order valence-electron chi connectivity index (χ1n) is 5.37. The SMILES string of the molecule is Nc1ccc(Nc2ccc(F)c(F)c2)c(C(F)F)c1. The predicted molar refractivity (Wildman–Crippen MR) is 65.5 cm³/mol. The maximum atomic E-state index is 13.0. The molecule has 0 unspecified atom stereocenters. The number of anilines is 3. The summed E-state index contributed by atoms with van der Waals surface area (Å²) in [4.78, 5) is 0. The molecule has 6 heteroatoms. The third kappa shape index (κ3) is 2.96. The van der Waals surface area contributed by atoms with Crippen LogP contribution < -0.4 is 11.1 Å². The quantitative estimate of drug-likeness (QED) is 0.647. The van der Waals surface area contributed by atoms with Crippen molar-refractivity contribution < 1.29 is 17.6 Å². The van der Waals surface area contributed by atoms with Crippen LogP contribution in [0.5, 0.6) is 0 Å². The van der Waals surface area contributed by atoms with E-state index in [1.165, 1.54) is 18.2 Å². The van der Waals surface area contributed by atoms with Crippen LogP contribution in [-0.2, 0) is 0 Å². The largest absolute Gasteiger partial charge is 0.399 e. The van der Waals surface area contributed by atoms with E-state index < -0.39 is 18.1 Å². The molecular formula is C13H10F4N2. The lowest BCUT2D eigenvalue weighted by Gasteiger charge is -2.12. The fourth-order valence-electron chi connectivity index (χ4n) is 1.60. The van der Waals surface area contributed by atoms with Crippen molar-refractivity contribution in [1.29, 1.82) is 0 Å². The molecule has 0 aliphatic carbocycles. The van der Waals surface area contributed by atoms with Gasteiger partial charge < -0.3 is 11.1 Å². The van der Waals surface area contributed by atoms with Crippen LogP contribution in [0, 0.1) is 11.6 Å². The zero-order valence-electron chi connectivity index (χ0n) is 9.63. The molecule has 2 aromatic carbocycles. The Labute approximate surface area is 106 Å². The molecule has 0 aliphatic heterocycles. The van der Waals surface area contributed by atoms with Gasteiger partial charge in [0.05, 0.1) is 0 Å². The van der Waals surface area contributed by atoms with E-state index >= 15 is 0 Å². The van der Waals surface area contributed by atoms with Crippen LogP contribution in [0.1, 0.15) is 12.0 Å². The minimum Gasteiger partial charge on any atom is -0.399 e. The molecule has 19 heavy (non-hydrogen) atoms. The Morgan fingerprint density at radius 2 is 1.68 bits per heavy atom. The minimum atomic E-state index is -2.73. The molecule has 0 saturated carbocycles. The molecule has 0 aromatic heterocycles. The van der Waals surface area contributed by atoms with E-state index in [9.17, 15) is 17.6 Å². The predicted octanol–water partition coefficient (Wildman–Crippen LogP) is 4.23. The van der Waals surface area contributed by atoms with Gasteiger partial charge in [-0.25, -0.2) is 17.6 Å². The molecule has 0 bridgehead atoms. The Hall–Kier alpha value is -2.24. The van der Waals surface area contributed by atoms with Crippen LogP contribution in [0.15, 0.2) is 36.4 Å². The van der Waals surface area contributed by atoms with Crippen LogP contribution >= 0.6 is 0 Å². The van der Waals surface area contributed by atoms with Crippen molar-refractivity contribution in [2.75, 3.05) is 11.1 Å². The molecule has 3 N–H and O–H groups in total. The van der Waals surface area contributed by atoms with Gasteiger partial charge >= 0.3 is 0 Å². The summed E-state index contributed by atoms with van der Waals surface area (Å²) in [6.45, 7) is 0. The summed E-state index contributed by atoms with van der Waals surface area (Å²) in [5.41, 5.74) is 5.60. The summed E-state index contributed by atoms with van der Waals surface area (Å²) in [7, 11) is 0.